The molecular weight excluding hydrogens is 258 g/mol. The van der Waals surface area contributed by atoms with E-state index in [9.17, 15) is 0 Å². The summed E-state index contributed by atoms with van der Waals surface area (Å²) in [6, 6.07) is 0.263. The van der Waals surface area contributed by atoms with E-state index < -0.39 is 0 Å². The van der Waals surface area contributed by atoms with Gasteiger partial charge in [0.1, 0.15) is 0 Å². The van der Waals surface area contributed by atoms with E-state index in [1.54, 1.807) is 11.3 Å². The topological polar surface area (TPSA) is 64.9 Å². The molecule has 0 spiro atoms. The third-order valence-corrected chi connectivity index (χ3v) is 4.12. The maximum absolute atomic E-state index is 5.75. The molecule has 2 aromatic rings. The van der Waals surface area contributed by atoms with Crippen molar-refractivity contribution in [2.75, 3.05) is 0 Å². The van der Waals surface area contributed by atoms with Crippen LogP contribution in [0.15, 0.2) is 15.3 Å². The van der Waals surface area contributed by atoms with Crippen LogP contribution < -0.4 is 5.73 Å². The van der Waals surface area contributed by atoms with Crippen molar-refractivity contribution in [3.63, 3.8) is 0 Å². The summed E-state index contributed by atoms with van der Waals surface area (Å²) >= 11 is 1.66. The molecule has 2 atom stereocenters. The Morgan fingerprint density at radius 3 is 2.74 bits per heavy atom. The van der Waals surface area contributed by atoms with Gasteiger partial charge in [0, 0.05) is 22.9 Å². The fourth-order valence-corrected chi connectivity index (χ4v) is 2.83. The Morgan fingerprint density at radius 2 is 2.11 bits per heavy atom. The summed E-state index contributed by atoms with van der Waals surface area (Å²) in [6.45, 7) is 6.22. The molecule has 0 saturated carbocycles. The molecule has 0 bridgehead atoms. The SMILES string of the molecule is Cc1cscc1-c1noc(C(C)CCCC(C)N)n1. The van der Waals surface area contributed by atoms with E-state index in [1.165, 1.54) is 5.56 Å². The van der Waals surface area contributed by atoms with E-state index in [1.807, 2.05) is 6.92 Å². The van der Waals surface area contributed by atoms with Crippen molar-refractivity contribution in [3.05, 3.63) is 22.2 Å². The molecule has 19 heavy (non-hydrogen) atoms. The first-order valence-corrected chi connectivity index (χ1v) is 7.64. The van der Waals surface area contributed by atoms with Crippen molar-refractivity contribution in [1.82, 2.24) is 10.1 Å². The molecule has 2 rings (SSSR count). The zero-order chi connectivity index (χ0) is 13.8. The molecule has 0 aliphatic carbocycles. The molecule has 5 heteroatoms. The predicted octanol–water partition coefficient (Wildman–Crippen LogP) is 3.73. The molecule has 0 saturated heterocycles. The molecule has 0 amide bonds. The number of hydrogen-bond donors (Lipinski definition) is 1. The van der Waals surface area contributed by atoms with Gasteiger partial charge in [-0.15, -0.1) is 0 Å². The standard InChI is InChI=1S/C14H21N3OS/c1-9(5-4-6-11(3)15)14-16-13(17-18-14)12-8-19-7-10(12)2/h7-9,11H,4-6,15H2,1-3H3. The highest BCUT2D eigenvalue weighted by atomic mass is 32.1. The molecule has 4 nitrogen and oxygen atoms in total. The Bertz CT molecular complexity index is 518. The van der Waals surface area contributed by atoms with Crippen molar-refractivity contribution < 1.29 is 4.52 Å². The maximum Gasteiger partial charge on any atom is 0.229 e. The molecule has 0 radical (unpaired) electrons. The third-order valence-electron chi connectivity index (χ3n) is 3.26. The first-order chi connectivity index (χ1) is 9.08. The Labute approximate surface area is 118 Å². The minimum Gasteiger partial charge on any atom is -0.339 e. The summed E-state index contributed by atoms with van der Waals surface area (Å²) in [7, 11) is 0. The highest BCUT2D eigenvalue weighted by Gasteiger charge is 2.16. The molecule has 2 aromatic heterocycles. The van der Waals surface area contributed by atoms with Gasteiger partial charge in [0.15, 0.2) is 0 Å². The van der Waals surface area contributed by atoms with Crippen LogP contribution in [0.25, 0.3) is 11.4 Å². The quantitative estimate of drug-likeness (QED) is 0.875. The molecule has 2 N–H and O–H groups in total. The average molecular weight is 279 g/mol. The summed E-state index contributed by atoms with van der Waals surface area (Å²) in [5.74, 6) is 1.72. The van der Waals surface area contributed by atoms with Gasteiger partial charge in [0.05, 0.1) is 0 Å². The third kappa shape index (κ3) is 3.64. The molecule has 0 aliphatic rings. The van der Waals surface area contributed by atoms with Crippen LogP contribution >= 0.6 is 11.3 Å². The van der Waals surface area contributed by atoms with E-state index >= 15 is 0 Å². The molecular formula is C14H21N3OS. The zero-order valence-corrected chi connectivity index (χ0v) is 12.5. The zero-order valence-electron chi connectivity index (χ0n) is 11.7. The normalized spacial score (nSPS) is 14.5. The molecule has 0 fully saturated rings. The summed E-state index contributed by atoms with van der Waals surface area (Å²) in [4.78, 5) is 4.51. The molecule has 0 aliphatic heterocycles. The number of rotatable bonds is 6. The van der Waals surface area contributed by atoms with E-state index in [4.69, 9.17) is 10.3 Å². The van der Waals surface area contributed by atoms with E-state index in [2.05, 4.69) is 34.7 Å². The monoisotopic (exact) mass is 279 g/mol. The van der Waals surface area contributed by atoms with Crippen molar-refractivity contribution in [1.29, 1.82) is 0 Å². The van der Waals surface area contributed by atoms with Crippen LogP contribution in [0.2, 0.25) is 0 Å². The average Bonchev–Trinajstić information content (AvgIpc) is 2.96. The highest BCUT2D eigenvalue weighted by Crippen LogP contribution is 2.27. The summed E-state index contributed by atoms with van der Waals surface area (Å²) in [5, 5.41) is 8.23. The van der Waals surface area contributed by atoms with Crippen LogP contribution in [-0.2, 0) is 0 Å². The predicted molar refractivity (Wildman–Crippen MR) is 78.3 cm³/mol. The molecule has 2 heterocycles. The van der Waals surface area contributed by atoms with Crippen molar-refractivity contribution >= 4 is 11.3 Å². The largest absolute Gasteiger partial charge is 0.339 e. The van der Waals surface area contributed by atoms with Crippen molar-refractivity contribution in [3.8, 4) is 11.4 Å². The summed E-state index contributed by atoms with van der Waals surface area (Å²) < 4.78 is 5.38. The molecule has 2 unspecified atom stereocenters. The highest BCUT2D eigenvalue weighted by molar-refractivity contribution is 7.08. The van der Waals surface area contributed by atoms with Gasteiger partial charge in [-0.05, 0) is 37.6 Å². The number of aromatic nitrogens is 2. The van der Waals surface area contributed by atoms with Gasteiger partial charge in [-0.25, -0.2) is 0 Å². The van der Waals surface area contributed by atoms with Gasteiger partial charge in [0.25, 0.3) is 0 Å². The number of nitrogens with zero attached hydrogens (tertiary/aromatic N) is 2. The summed E-state index contributed by atoms with van der Waals surface area (Å²) in [6.07, 6.45) is 3.16. The minimum atomic E-state index is 0.263. The van der Waals surface area contributed by atoms with Crippen LogP contribution in [0.4, 0.5) is 0 Å². The van der Waals surface area contributed by atoms with Gasteiger partial charge >= 0.3 is 0 Å². The lowest BCUT2D eigenvalue weighted by molar-refractivity contribution is 0.350. The first kappa shape index (κ1) is 14.2. The van der Waals surface area contributed by atoms with E-state index in [0.29, 0.717) is 11.7 Å². The van der Waals surface area contributed by atoms with Crippen molar-refractivity contribution in [2.24, 2.45) is 5.73 Å². The van der Waals surface area contributed by atoms with Gasteiger partial charge in [-0.2, -0.15) is 16.3 Å². The molecule has 104 valence electrons. The van der Waals surface area contributed by atoms with Gasteiger partial charge in [0.2, 0.25) is 11.7 Å². The number of aryl methyl sites for hydroxylation is 1. The van der Waals surface area contributed by atoms with E-state index in [0.717, 1.165) is 30.7 Å². The fourth-order valence-electron chi connectivity index (χ4n) is 2.00. The second-order valence-electron chi connectivity index (χ2n) is 5.23. The summed E-state index contributed by atoms with van der Waals surface area (Å²) in [5.41, 5.74) is 8.02. The number of hydrogen-bond acceptors (Lipinski definition) is 5. The first-order valence-electron chi connectivity index (χ1n) is 6.70. The number of thiophene rings is 1. The van der Waals surface area contributed by atoms with Gasteiger partial charge in [-0.3, -0.25) is 0 Å². The van der Waals surface area contributed by atoms with Crippen LogP contribution in [0.3, 0.4) is 0 Å². The van der Waals surface area contributed by atoms with Crippen molar-refractivity contribution in [2.45, 2.75) is 52.0 Å². The van der Waals surface area contributed by atoms with Crippen LogP contribution in [0.1, 0.15) is 50.5 Å². The smallest absolute Gasteiger partial charge is 0.229 e. The maximum atomic E-state index is 5.75. The Kier molecular flexibility index (Phi) is 4.71. The van der Waals surface area contributed by atoms with Crippen LogP contribution in [0, 0.1) is 6.92 Å². The Balaban J connectivity index is 1.99. The van der Waals surface area contributed by atoms with Crippen LogP contribution in [0.5, 0.6) is 0 Å². The Hall–Kier alpha value is -1.20. The second-order valence-corrected chi connectivity index (χ2v) is 5.98. The lowest BCUT2D eigenvalue weighted by Crippen LogP contribution is -2.14. The fraction of sp³-hybridized carbons (Fsp3) is 0.571. The number of nitrogens with two attached hydrogens (primary N) is 1. The second kappa shape index (κ2) is 6.30. The lowest BCUT2D eigenvalue weighted by atomic mass is 10.0. The van der Waals surface area contributed by atoms with Gasteiger partial charge in [-0.1, -0.05) is 18.5 Å². The lowest BCUT2D eigenvalue weighted by Gasteiger charge is -2.07. The molecule has 0 aromatic carbocycles. The van der Waals surface area contributed by atoms with Crippen LogP contribution in [-0.4, -0.2) is 16.2 Å². The van der Waals surface area contributed by atoms with Gasteiger partial charge < -0.3 is 10.3 Å². The van der Waals surface area contributed by atoms with E-state index in [-0.39, 0.29) is 6.04 Å². The Morgan fingerprint density at radius 1 is 1.32 bits per heavy atom. The minimum absolute atomic E-state index is 0.263.